The Kier molecular flexibility index (Phi) is 9.66. The van der Waals surface area contributed by atoms with Crippen LogP contribution in [0, 0.1) is 0 Å². The van der Waals surface area contributed by atoms with Crippen LogP contribution < -0.4 is 4.90 Å². The lowest BCUT2D eigenvalue weighted by Gasteiger charge is -2.30. The van der Waals surface area contributed by atoms with E-state index in [1.54, 1.807) is 0 Å². The second kappa shape index (κ2) is 16.4. The Labute approximate surface area is 428 Å². The molecule has 346 valence electrons. The molecule has 1 nitrogen and oxygen atoms in total. The highest BCUT2D eigenvalue weighted by molar-refractivity contribution is 6.24. The van der Waals surface area contributed by atoms with E-state index in [1.165, 1.54) is 121 Å². The first-order chi connectivity index (χ1) is 35.7. The van der Waals surface area contributed by atoms with Crippen molar-refractivity contribution in [3.05, 3.63) is 271 Å². The summed E-state index contributed by atoms with van der Waals surface area (Å²) < 4.78 is 0. The van der Waals surface area contributed by atoms with Crippen molar-refractivity contribution in [2.24, 2.45) is 0 Å². The van der Waals surface area contributed by atoms with Crippen LogP contribution in [0.5, 0.6) is 0 Å². The Hall–Kier alpha value is -8.78. The van der Waals surface area contributed by atoms with E-state index in [-0.39, 0.29) is 10.8 Å². The highest BCUT2D eigenvalue weighted by Crippen LogP contribution is 2.53. The molecule has 2 aliphatic rings. The van der Waals surface area contributed by atoms with Crippen LogP contribution in [0.4, 0.5) is 17.1 Å². The highest BCUT2D eigenvalue weighted by atomic mass is 15.1. The molecular weight excluding hydrogens is 879 g/mol. The van der Waals surface area contributed by atoms with Gasteiger partial charge >= 0.3 is 0 Å². The zero-order valence-electron chi connectivity index (χ0n) is 41.6. The summed E-state index contributed by atoms with van der Waals surface area (Å²) in [6.07, 6.45) is 0. The van der Waals surface area contributed by atoms with Crippen molar-refractivity contribution in [2.75, 3.05) is 4.90 Å². The molecule has 0 spiro atoms. The van der Waals surface area contributed by atoms with Crippen molar-refractivity contribution < 1.29 is 0 Å². The largest absolute Gasteiger partial charge is 0.310 e. The molecule has 12 aromatic rings. The fourth-order valence-corrected chi connectivity index (χ4v) is 12.7. The van der Waals surface area contributed by atoms with Gasteiger partial charge in [-0.2, -0.15) is 0 Å². The van der Waals surface area contributed by atoms with E-state index in [0.29, 0.717) is 0 Å². The van der Waals surface area contributed by atoms with E-state index < -0.39 is 0 Å². The molecule has 0 N–H and O–H groups in total. The van der Waals surface area contributed by atoms with Crippen LogP contribution in [-0.2, 0) is 10.8 Å². The predicted molar refractivity (Wildman–Crippen MR) is 311 cm³/mol. The number of anilines is 3. The maximum Gasteiger partial charge on any atom is 0.0465 e. The number of nitrogens with zero attached hydrogens (tertiary/aromatic N) is 1. The van der Waals surface area contributed by atoms with Crippen molar-refractivity contribution >= 4 is 49.4 Å². The third-order valence-corrected chi connectivity index (χ3v) is 16.4. The van der Waals surface area contributed by atoms with Gasteiger partial charge in [0.15, 0.2) is 0 Å². The van der Waals surface area contributed by atoms with Gasteiger partial charge in [-0.3, -0.25) is 0 Å². The molecule has 0 saturated carbocycles. The van der Waals surface area contributed by atoms with Gasteiger partial charge in [0, 0.05) is 27.9 Å². The fraction of sp³-hybridized carbons (Fsp3) is 0.0833. The predicted octanol–water partition coefficient (Wildman–Crippen LogP) is 19.9. The average molecular weight is 932 g/mol. The Morgan fingerprint density at radius 3 is 1.07 bits per heavy atom. The van der Waals surface area contributed by atoms with Gasteiger partial charge in [-0.25, -0.2) is 0 Å². The van der Waals surface area contributed by atoms with E-state index in [9.17, 15) is 0 Å². The molecule has 14 rings (SSSR count). The van der Waals surface area contributed by atoms with Crippen LogP contribution >= 0.6 is 0 Å². The molecule has 12 aromatic carbocycles. The zero-order chi connectivity index (χ0) is 49.0. The van der Waals surface area contributed by atoms with Crippen LogP contribution in [0.25, 0.3) is 99.1 Å². The Morgan fingerprint density at radius 1 is 0.219 bits per heavy atom. The lowest BCUT2D eigenvalue weighted by molar-refractivity contribution is 0.660. The lowest BCUT2D eigenvalue weighted by Crippen LogP contribution is -2.18. The van der Waals surface area contributed by atoms with Gasteiger partial charge in [-0.15, -0.1) is 0 Å². The van der Waals surface area contributed by atoms with Crippen molar-refractivity contribution in [1.29, 1.82) is 0 Å². The number of fused-ring (bicyclic) bond motifs is 11. The molecule has 2 aliphatic carbocycles. The smallest absolute Gasteiger partial charge is 0.0465 e. The quantitative estimate of drug-likeness (QED) is 0.144. The summed E-state index contributed by atoms with van der Waals surface area (Å²) in [6, 6.07) is 93.0. The average Bonchev–Trinajstić information content (AvgIpc) is 3.82. The summed E-state index contributed by atoms with van der Waals surface area (Å²) in [5.74, 6) is 0. The first kappa shape index (κ1) is 43.0. The first-order valence-electron chi connectivity index (χ1n) is 25.7. The third kappa shape index (κ3) is 6.76. The van der Waals surface area contributed by atoms with Gasteiger partial charge in [-0.05, 0) is 188 Å². The molecule has 0 saturated heterocycles. The summed E-state index contributed by atoms with van der Waals surface area (Å²) in [7, 11) is 0. The number of rotatable bonds is 7. The van der Waals surface area contributed by atoms with Crippen LogP contribution in [0.3, 0.4) is 0 Å². The van der Waals surface area contributed by atoms with Crippen molar-refractivity contribution in [3.8, 4) is 66.8 Å². The molecule has 0 amide bonds. The molecule has 0 bridgehead atoms. The van der Waals surface area contributed by atoms with Gasteiger partial charge in [0.05, 0.1) is 0 Å². The number of benzene rings is 12. The fourth-order valence-electron chi connectivity index (χ4n) is 12.7. The SMILES string of the molecule is CC1(C)c2ccccc2-c2ccc(N(c3ccc(-c4cc5c6ccccc6c(-c6cc(-c7ccccc7)cc(-c7ccccc7)c6)cc5c5ccccc45)cc3)c3ccc4c(c3)C(C)(C)c3ccccc3-4)cc21. The topological polar surface area (TPSA) is 3.24 Å². The maximum absolute atomic E-state index is 2.48. The van der Waals surface area contributed by atoms with Gasteiger partial charge in [0.2, 0.25) is 0 Å². The second-order valence-corrected chi connectivity index (χ2v) is 21.2. The first-order valence-corrected chi connectivity index (χ1v) is 25.7. The van der Waals surface area contributed by atoms with Crippen LogP contribution in [0.2, 0.25) is 0 Å². The minimum Gasteiger partial charge on any atom is -0.310 e. The second-order valence-electron chi connectivity index (χ2n) is 21.2. The Bertz CT molecular complexity index is 4010. The number of hydrogen-bond donors (Lipinski definition) is 0. The molecule has 0 fully saturated rings. The van der Waals surface area contributed by atoms with Crippen molar-refractivity contribution in [1.82, 2.24) is 0 Å². The molecule has 0 radical (unpaired) electrons. The standard InChI is InChI=1S/C72H53N/c1-71(2)67-29-17-15-27-59(67)61-37-35-53(42-69(61)71)73(54-36-38-62-60-28-16-18-30-68(60)72(3,4)70(62)43-54)52-33-31-48(32-34-52)63-44-65-58-26-14-12-24-56(58)64(45-66(65)57-25-13-11-23-55(57)63)51-40-49(46-19-7-5-8-20-46)39-50(41-51)47-21-9-6-10-22-47/h5-45H,1-4H3. The van der Waals surface area contributed by atoms with Crippen LogP contribution in [0.15, 0.2) is 249 Å². The van der Waals surface area contributed by atoms with E-state index in [2.05, 4.69) is 281 Å². The zero-order valence-corrected chi connectivity index (χ0v) is 41.6. The van der Waals surface area contributed by atoms with E-state index >= 15 is 0 Å². The van der Waals surface area contributed by atoms with Crippen LogP contribution in [0.1, 0.15) is 49.9 Å². The van der Waals surface area contributed by atoms with Gasteiger partial charge < -0.3 is 4.90 Å². The maximum atomic E-state index is 2.48. The number of hydrogen-bond acceptors (Lipinski definition) is 1. The summed E-state index contributed by atoms with van der Waals surface area (Å²) in [6.45, 7) is 9.50. The molecule has 0 aliphatic heterocycles. The van der Waals surface area contributed by atoms with E-state index in [4.69, 9.17) is 0 Å². The van der Waals surface area contributed by atoms with Crippen molar-refractivity contribution in [3.63, 3.8) is 0 Å². The summed E-state index contributed by atoms with van der Waals surface area (Å²) in [4.78, 5) is 2.48. The molecule has 0 aromatic heterocycles. The molecule has 73 heavy (non-hydrogen) atoms. The molecule has 0 atom stereocenters. The lowest BCUT2D eigenvalue weighted by atomic mass is 9.82. The molecular formula is C72H53N. The molecule has 0 unspecified atom stereocenters. The molecule has 1 heteroatoms. The summed E-state index contributed by atoms with van der Waals surface area (Å²) >= 11 is 0. The Morgan fingerprint density at radius 2 is 0.589 bits per heavy atom. The molecule has 0 heterocycles. The Balaban J connectivity index is 0.924. The minimum absolute atomic E-state index is 0.127. The van der Waals surface area contributed by atoms with E-state index in [1.807, 2.05) is 0 Å². The monoisotopic (exact) mass is 931 g/mol. The van der Waals surface area contributed by atoms with Crippen LogP contribution in [-0.4, -0.2) is 0 Å². The minimum atomic E-state index is -0.127. The highest BCUT2D eigenvalue weighted by Gasteiger charge is 2.38. The van der Waals surface area contributed by atoms with Crippen molar-refractivity contribution in [2.45, 2.75) is 38.5 Å². The van der Waals surface area contributed by atoms with E-state index in [0.717, 1.165) is 17.1 Å². The summed E-state index contributed by atoms with van der Waals surface area (Å²) in [5.41, 5.74) is 23.7. The van der Waals surface area contributed by atoms with Gasteiger partial charge in [0.25, 0.3) is 0 Å². The van der Waals surface area contributed by atoms with Gasteiger partial charge in [-0.1, -0.05) is 210 Å². The summed E-state index contributed by atoms with van der Waals surface area (Å²) in [5, 5.41) is 7.49. The van der Waals surface area contributed by atoms with Gasteiger partial charge in [0.1, 0.15) is 0 Å². The normalized spacial score (nSPS) is 13.7. The third-order valence-electron chi connectivity index (χ3n) is 16.4.